The Balaban J connectivity index is 1.65. The first-order valence-corrected chi connectivity index (χ1v) is 9.25. The quantitative estimate of drug-likeness (QED) is 0.286. The van der Waals surface area contributed by atoms with Crippen LogP contribution in [-0.4, -0.2) is 31.5 Å². The average molecular weight is 390 g/mol. The number of aromatic nitrogens is 3. The average Bonchev–Trinajstić information content (AvgIpc) is 3.24. The standard InChI is InChI=1S/C15H14N6O3S2/c1-9-10(4-2-5-11(9)21(23)24)17-13(22)8-26-15-19-18-14(20(15)16)12-6-3-7-25-12/h2-7H,8,16H2,1H3,(H,17,22). The lowest BCUT2D eigenvalue weighted by atomic mass is 10.1. The number of hydrogen-bond acceptors (Lipinski definition) is 8. The second kappa shape index (κ2) is 7.54. The Morgan fingerprint density at radius 3 is 2.88 bits per heavy atom. The Labute approximate surface area is 156 Å². The number of carbonyl (C=O) groups excluding carboxylic acids is 1. The minimum Gasteiger partial charge on any atom is -0.335 e. The summed E-state index contributed by atoms with van der Waals surface area (Å²) in [5, 5.41) is 24.0. The number of nitrogens with one attached hydrogen (secondary N) is 1. The monoisotopic (exact) mass is 390 g/mol. The molecule has 0 unspecified atom stereocenters. The molecule has 1 amide bonds. The number of rotatable bonds is 6. The lowest BCUT2D eigenvalue weighted by Gasteiger charge is -2.08. The van der Waals surface area contributed by atoms with Crippen LogP contribution in [0.4, 0.5) is 11.4 Å². The molecule has 11 heteroatoms. The minimum atomic E-state index is -0.483. The van der Waals surface area contributed by atoms with Gasteiger partial charge in [-0.25, -0.2) is 4.68 Å². The summed E-state index contributed by atoms with van der Waals surface area (Å²) in [7, 11) is 0. The van der Waals surface area contributed by atoms with E-state index in [0.717, 1.165) is 16.6 Å². The fourth-order valence-electron chi connectivity index (χ4n) is 2.22. The summed E-state index contributed by atoms with van der Waals surface area (Å²) in [6, 6.07) is 8.30. The van der Waals surface area contributed by atoms with Crippen LogP contribution in [0.5, 0.6) is 0 Å². The first-order valence-electron chi connectivity index (χ1n) is 7.38. The van der Waals surface area contributed by atoms with Crippen molar-refractivity contribution in [2.24, 2.45) is 0 Å². The highest BCUT2D eigenvalue weighted by molar-refractivity contribution is 7.99. The predicted octanol–water partition coefficient (Wildman–Crippen LogP) is 2.67. The van der Waals surface area contributed by atoms with Crippen molar-refractivity contribution in [1.29, 1.82) is 0 Å². The van der Waals surface area contributed by atoms with E-state index in [1.165, 1.54) is 28.1 Å². The molecule has 26 heavy (non-hydrogen) atoms. The van der Waals surface area contributed by atoms with Gasteiger partial charge in [0, 0.05) is 6.07 Å². The van der Waals surface area contributed by atoms with Crippen molar-refractivity contribution in [3.05, 3.63) is 51.4 Å². The summed E-state index contributed by atoms with van der Waals surface area (Å²) in [5.41, 5.74) is 0.758. The summed E-state index contributed by atoms with van der Waals surface area (Å²) in [5.74, 6) is 6.23. The Morgan fingerprint density at radius 1 is 1.38 bits per heavy atom. The Kier molecular flexibility index (Phi) is 5.19. The van der Waals surface area contributed by atoms with Gasteiger partial charge in [-0.2, -0.15) is 0 Å². The van der Waals surface area contributed by atoms with Gasteiger partial charge in [0.15, 0.2) is 5.82 Å². The number of carbonyl (C=O) groups is 1. The van der Waals surface area contributed by atoms with Crippen molar-refractivity contribution in [3.63, 3.8) is 0 Å². The third kappa shape index (κ3) is 3.68. The number of nitrogens with zero attached hydrogens (tertiary/aromatic N) is 4. The van der Waals surface area contributed by atoms with Crippen LogP contribution in [0.25, 0.3) is 10.7 Å². The van der Waals surface area contributed by atoms with Crippen LogP contribution in [0.1, 0.15) is 5.56 Å². The molecule has 2 heterocycles. The summed E-state index contributed by atoms with van der Waals surface area (Å²) in [6.45, 7) is 1.59. The number of thiophene rings is 1. The van der Waals surface area contributed by atoms with Crippen LogP contribution < -0.4 is 11.2 Å². The molecule has 0 saturated carbocycles. The molecule has 3 rings (SSSR count). The molecule has 0 radical (unpaired) electrons. The largest absolute Gasteiger partial charge is 0.335 e. The van der Waals surface area contributed by atoms with E-state index in [-0.39, 0.29) is 17.3 Å². The highest BCUT2D eigenvalue weighted by Crippen LogP contribution is 2.27. The maximum Gasteiger partial charge on any atom is 0.274 e. The van der Waals surface area contributed by atoms with Gasteiger partial charge >= 0.3 is 0 Å². The van der Waals surface area contributed by atoms with Gasteiger partial charge in [-0.15, -0.1) is 21.5 Å². The fraction of sp³-hybridized carbons (Fsp3) is 0.133. The fourth-order valence-corrected chi connectivity index (χ4v) is 3.58. The summed E-state index contributed by atoms with van der Waals surface area (Å²) < 4.78 is 1.34. The van der Waals surface area contributed by atoms with Crippen molar-refractivity contribution in [1.82, 2.24) is 14.9 Å². The first-order chi connectivity index (χ1) is 12.5. The molecule has 0 aliphatic carbocycles. The van der Waals surface area contributed by atoms with Gasteiger partial charge in [-0.1, -0.05) is 23.9 Å². The number of nitrogen functional groups attached to an aromatic ring is 1. The van der Waals surface area contributed by atoms with Crippen LogP contribution >= 0.6 is 23.1 Å². The predicted molar refractivity (Wildman–Crippen MR) is 101 cm³/mol. The van der Waals surface area contributed by atoms with E-state index >= 15 is 0 Å². The number of anilines is 1. The zero-order valence-corrected chi connectivity index (χ0v) is 15.2. The number of nitrogens with two attached hydrogens (primary N) is 1. The lowest BCUT2D eigenvalue weighted by molar-refractivity contribution is -0.385. The van der Waals surface area contributed by atoms with Crippen LogP contribution in [0.2, 0.25) is 0 Å². The molecule has 0 bridgehead atoms. The molecule has 134 valence electrons. The van der Waals surface area contributed by atoms with Crippen molar-refractivity contribution in [2.75, 3.05) is 16.9 Å². The van der Waals surface area contributed by atoms with E-state index in [0.29, 0.717) is 22.2 Å². The Morgan fingerprint density at radius 2 is 2.19 bits per heavy atom. The molecule has 9 nitrogen and oxygen atoms in total. The van der Waals surface area contributed by atoms with Crippen LogP contribution in [0.15, 0.2) is 40.9 Å². The molecule has 0 aliphatic rings. The van der Waals surface area contributed by atoms with E-state index in [1.807, 2.05) is 17.5 Å². The van der Waals surface area contributed by atoms with Crippen molar-refractivity contribution >= 4 is 40.4 Å². The summed E-state index contributed by atoms with van der Waals surface area (Å²) in [6.07, 6.45) is 0. The van der Waals surface area contributed by atoms with Gasteiger partial charge in [0.1, 0.15) is 0 Å². The molecule has 0 aliphatic heterocycles. The molecular weight excluding hydrogens is 376 g/mol. The number of nitro groups is 1. The van der Waals surface area contributed by atoms with Crippen LogP contribution in [-0.2, 0) is 4.79 Å². The topological polar surface area (TPSA) is 129 Å². The van der Waals surface area contributed by atoms with Crippen molar-refractivity contribution in [3.8, 4) is 10.7 Å². The molecule has 3 N–H and O–H groups in total. The number of thioether (sulfide) groups is 1. The van der Waals surface area contributed by atoms with Gasteiger partial charge in [0.2, 0.25) is 11.1 Å². The summed E-state index contributed by atoms with van der Waals surface area (Å²) in [4.78, 5) is 23.5. The number of hydrogen-bond donors (Lipinski definition) is 2. The van der Waals surface area contributed by atoms with Gasteiger partial charge in [-0.05, 0) is 24.4 Å². The zero-order valence-electron chi connectivity index (χ0n) is 13.6. The van der Waals surface area contributed by atoms with Gasteiger partial charge in [0.25, 0.3) is 5.69 Å². The van der Waals surface area contributed by atoms with Crippen LogP contribution in [0, 0.1) is 17.0 Å². The third-order valence-corrected chi connectivity index (χ3v) is 5.32. The first kappa shape index (κ1) is 17.9. The van der Waals surface area contributed by atoms with E-state index in [2.05, 4.69) is 15.5 Å². The van der Waals surface area contributed by atoms with Crippen molar-refractivity contribution < 1.29 is 9.72 Å². The molecule has 0 atom stereocenters. The SMILES string of the molecule is Cc1c(NC(=O)CSc2nnc(-c3cccs3)n2N)cccc1[N+](=O)[O-]. The Bertz CT molecular complexity index is 954. The number of amides is 1. The highest BCUT2D eigenvalue weighted by Gasteiger charge is 2.17. The van der Waals surface area contributed by atoms with E-state index < -0.39 is 4.92 Å². The maximum absolute atomic E-state index is 12.2. The highest BCUT2D eigenvalue weighted by atomic mass is 32.2. The summed E-state index contributed by atoms with van der Waals surface area (Å²) >= 11 is 2.62. The lowest BCUT2D eigenvalue weighted by Crippen LogP contribution is -2.17. The van der Waals surface area contributed by atoms with Gasteiger partial charge in [0.05, 0.1) is 26.8 Å². The normalized spacial score (nSPS) is 10.7. The molecule has 0 saturated heterocycles. The number of nitro benzene ring substituents is 1. The zero-order chi connectivity index (χ0) is 18.7. The molecule has 0 spiro atoms. The smallest absolute Gasteiger partial charge is 0.274 e. The number of benzene rings is 1. The Hall–Kier alpha value is -2.92. The van der Waals surface area contributed by atoms with Gasteiger partial charge < -0.3 is 11.2 Å². The van der Waals surface area contributed by atoms with E-state index in [1.54, 1.807) is 13.0 Å². The minimum absolute atomic E-state index is 0.0436. The second-order valence-electron chi connectivity index (χ2n) is 5.20. The maximum atomic E-state index is 12.2. The van der Waals surface area contributed by atoms with Crippen molar-refractivity contribution in [2.45, 2.75) is 12.1 Å². The van der Waals surface area contributed by atoms with E-state index in [9.17, 15) is 14.9 Å². The molecule has 3 aromatic rings. The van der Waals surface area contributed by atoms with Crippen LogP contribution in [0.3, 0.4) is 0 Å². The molecule has 1 aromatic carbocycles. The molecule has 0 fully saturated rings. The second-order valence-corrected chi connectivity index (χ2v) is 7.09. The third-order valence-electron chi connectivity index (χ3n) is 3.51. The molecule has 2 aromatic heterocycles. The molecular formula is C15H14N6O3S2. The van der Waals surface area contributed by atoms with Gasteiger partial charge in [-0.3, -0.25) is 14.9 Å². The van der Waals surface area contributed by atoms with E-state index in [4.69, 9.17) is 5.84 Å².